The highest BCUT2D eigenvalue weighted by Gasteiger charge is 2.30. The van der Waals surface area contributed by atoms with Crippen LogP contribution in [0.4, 0.5) is 0 Å². The number of benzene rings is 3. The van der Waals surface area contributed by atoms with Gasteiger partial charge in [0.05, 0.1) is 17.6 Å². The van der Waals surface area contributed by atoms with Crippen LogP contribution in [0.15, 0.2) is 77.7 Å². The highest BCUT2D eigenvalue weighted by molar-refractivity contribution is 7.89. The quantitative estimate of drug-likeness (QED) is 0.434. The number of nitrogens with one attached hydrogen (secondary N) is 1. The lowest BCUT2D eigenvalue weighted by molar-refractivity contribution is -0.122. The van der Waals surface area contributed by atoms with Crippen molar-refractivity contribution >= 4 is 39.1 Å². The van der Waals surface area contributed by atoms with Crippen LogP contribution in [-0.2, 0) is 27.7 Å². The Morgan fingerprint density at radius 1 is 1.00 bits per heavy atom. The molecule has 1 unspecified atom stereocenters. The molecule has 5 nitrogen and oxygen atoms in total. The summed E-state index contributed by atoms with van der Waals surface area (Å²) in [6.45, 7) is -0.180. The molecule has 178 valence electrons. The van der Waals surface area contributed by atoms with E-state index in [1.807, 2.05) is 48.5 Å². The number of nitrogens with zero attached hydrogens (tertiary/aromatic N) is 1. The number of aryl methyl sites for hydroxylation is 1. The third-order valence-electron chi connectivity index (χ3n) is 6.03. The van der Waals surface area contributed by atoms with Gasteiger partial charge in [0.2, 0.25) is 15.9 Å². The van der Waals surface area contributed by atoms with Crippen LogP contribution in [0.2, 0.25) is 10.0 Å². The van der Waals surface area contributed by atoms with Crippen LogP contribution in [0.25, 0.3) is 0 Å². The van der Waals surface area contributed by atoms with Crippen LogP contribution in [0.5, 0.6) is 0 Å². The second kappa shape index (κ2) is 10.9. The van der Waals surface area contributed by atoms with Crippen LogP contribution in [0, 0.1) is 0 Å². The van der Waals surface area contributed by atoms with E-state index >= 15 is 0 Å². The first-order chi connectivity index (χ1) is 16.3. The highest BCUT2D eigenvalue weighted by atomic mass is 35.5. The molecule has 1 aliphatic carbocycles. The summed E-state index contributed by atoms with van der Waals surface area (Å²) >= 11 is 12.3. The van der Waals surface area contributed by atoms with Crippen molar-refractivity contribution in [3.05, 3.63) is 99.5 Å². The Hall–Kier alpha value is -2.38. The van der Waals surface area contributed by atoms with Crippen molar-refractivity contribution in [2.45, 2.75) is 36.6 Å². The van der Waals surface area contributed by atoms with Gasteiger partial charge in [-0.3, -0.25) is 4.79 Å². The van der Waals surface area contributed by atoms with E-state index in [1.165, 1.54) is 28.1 Å². The molecule has 1 atom stereocenters. The summed E-state index contributed by atoms with van der Waals surface area (Å²) in [4.78, 5) is 13.0. The molecule has 0 radical (unpaired) electrons. The molecule has 3 aromatic rings. The third-order valence-corrected chi connectivity index (χ3v) is 8.59. The third kappa shape index (κ3) is 5.81. The van der Waals surface area contributed by atoms with E-state index in [4.69, 9.17) is 23.2 Å². The van der Waals surface area contributed by atoms with Crippen molar-refractivity contribution < 1.29 is 13.2 Å². The van der Waals surface area contributed by atoms with Gasteiger partial charge in [0.1, 0.15) is 4.90 Å². The molecule has 0 saturated carbocycles. The topological polar surface area (TPSA) is 66.5 Å². The van der Waals surface area contributed by atoms with Gasteiger partial charge in [-0.1, -0.05) is 77.8 Å². The number of sulfonamides is 1. The number of hydrogen-bond acceptors (Lipinski definition) is 3. The lowest BCUT2D eigenvalue weighted by Crippen LogP contribution is -2.43. The smallest absolute Gasteiger partial charge is 0.245 e. The van der Waals surface area contributed by atoms with Gasteiger partial charge in [0, 0.05) is 11.6 Å². The molecule has 1 aliphatic rings. The number of fused-ring (bicyclic) bond motifs is 1. The van der Waals surface area contributed by atoms with Crippen molar-refractivity contribution in [3.8, 4) is 0 Å². The Bertz CT molecular complexity index is 1270. The van der Waals surface area contributed by atoms with E-state index in [0.29, 0.717) is 6.42 Å². The zero-order valence-electron chi connectivity index (χ0n) is 18.6. The highest BCUT2D eigenvalue weighted by Crippen LogP contribution is 2.30. The molecular formula is C26H26Cl2N2O3S. The lowest BCUT2D eigenvalue weighted by atomic mass is 9.88. The van der Waals surface area contributed by atoms with E-state index in [1.54, 1.807) is 0 Å². The summed E-state index contributed by atoms with van der Waals surface area (Å²) in [6.07, 6.45) is 3.22. The number of rotatable bonds is 8. The largest absolute Gasteiger partial charge is 0.348 e. The van der Waals surface area contributed by atoms with Gasteiger partial charge in [-0.05, 0) is 60.6 Å². The molecular weight excluding hydrogens is 491 g/mol. The van der Waals surface area contributed by atoms with Crippen molar-refractivity contribution in [2.24, 2.45) is 0 Å². The van der Waals surface area contributed by atoms with E-state index < -0.39 is 10.0 Å². The fraction of sp³-hybridized carbons (Fsp3) is 0.269. The standard InChI is InChI=1S/C26H26Cl2N2O3S/c27-21-13-14-23(28)25(17-21)34(32,33)30(16-15-19-7-2-1-3-8-19)18-26(31)29-24-12-6-10-20-9-4-5-11-22(20)24/h1-5,7-9,11,13-14,17,24H,6,10,12,15-16,18H2,(H,29,31). The Balaban J connectivity index is 1.57. The van der Waals surface area contributed by atoms with Crippen LogP contribution < -0.4 is 5.32 Å². The average molecular weight is 517 g/mol. The Morgan fingerprint density at radius 2 is 1.74 bits per heavy atom. The fourth-order valence-electron chi connectivity index (χ4n) is 4.30. The first-order valence-electron chi connectivity index (χ1n) is 11.2. The van der Waals surface area contributed by atoms with Crippen molar-refractivity contribution in [2.75, 3.05) is 13.1 Å². The molecule has 1 N–H and O–H groups in total. The zero-order valence-corrected chi connectivity index (χ0v) is 20.9. The molecule has 0 fully saturated rings. The molecule has 0 aromatic heterocycles. The molecule has 0 bridgehead atoms. The SMILES string of the molecule is O=C(CN(CCc1ccccc1)S(=O)(=O)c1cc(Cl)ccc1Cl)NC1CCCc2ccccc21. The predicted molar refractivity (Wildman–Crippen MR) is 136 cm³/mol. The maximum absolute atomic E-state index is 13.6. The van der Waals surface area contributed by atoms with E-state index in [2.05, 4.69) is 11.4 Å². The Labute approximate surface area is 210 Å². The van der Waals surface area contributed by atoms with Gasteiger partial charge in [-0.15, -0.1) is 0 Å². The molecule has 0 aliphatic heterocycles. The van der Waals surface area contributed by atoms with Gasteiger partial charge in [-0.2, -0.15) is 4.31 Å². The van der Waals surface area contributed by atoms with Crippen LogP contribution >= 0.6 is 23.2 Å². The summed E-state index contributed by atoms with van der Waals surface area (Å²) in [5.74, 6) is -0.350. The van der Waals surface area contributed by atoms with Crippen molar-refractivity contribution in [3.63, 3.8) is 0 Å². The van der Waals surface area contributed by atoms with Crippen molar-refractivity contribution in [1.29, 1.82) is 0 Å². The van der Waals surface area contributed by atoms with Gasteiger partial charge in [0.25, 0.3) is 0 Å². The molecule has 34 heavy (non-hydrogen) atoms. The molecule has 0 spiro atoms. The minimum atomic E-state index is -4.06. The lowest BCUT2D eigenvalue weighted by Gasteiger charge is -2.28. The molecule has 0 saturated heterocycles. The number of amides is 1. The molecule has 4 rings (SSSR count). The predicted octanol–water partition coefficient (Wildman–Crippen LogP) is 5.42. The number of hydrogen-bond donors (Lipinski definition) is 1. The van der Waals surface area contributed by atoms with Crippen molar-refractivity contribution in [1.82, 2.24) is 9.62 Å². The van der Waals surface area contributed by atoms with Gasteiger partial charge in [-0.25, -0.2) is 8.42 Å². The fourth-order valence-corrected chi connectivity index (χ4v) is 6.43. The Kier molecular flexibility index (Phi) is 7.94. The van der Waals surface area contributed by atoms with Gasteiger partial charge < -0.3 is 5.32 Å². The van der Waals surface area contributed by atoms with E-state index in [9.17, 15) is 13.2 Å². The van der Waals surface area contributed by atoms with E-state index in [0.717, 1.165) is 30.4 Å². The minimum absolute atomic E-state index is 0.0655. The van der Waals surface area contributed by atoms with Gasteiger partial charge in [0.15, 0.2) is 0 Å². The molecule has 3 aromatic carbocycles. The van der Waals surface area contributed by atoms with Crippen LogP contribution in [0.1, 0.15) is 35.6 Å². The molecule has 0 heterocycles. The van der Waals surface area contributed by atoms with Crippen LogP contribution in [0.3, 0.4) is 0 Å². The minimum Gasteiger partial charge on any atom is -0.348 e. The summed E-state index contributed by atoms with van der Waals surface area (Å²) in [7, 11) is -4.06. The first kappa shape index (κ1) is 24.7. The van der Waals surface area contributed by atoms with Gasteiger partial charge >= 0.3 is 0 Å². The summed E-state index contributed by atoms with van der Waals surface area (Å²) in [5.41, 5.74) is 3.29. The van der Waals surface area contributed by atoms with Crippen LogP contribution in [-0.4, -0.2) is 31.7 Å². The zero-order chi connectivity index (χ0) is 24.1. The number of carbonyl (C=O) groups excluding carboxylic acids is 1. The monoisotopic (exact) mass is 516 g/mol. The maximum atomic E-state index is 13.6. The average Bonchev–Trinajstić information content (AvgIpc) is 2.84. The molecule has 1 amide bonds. The van der Waals surface area contributed by atoms with E-state index in [-0.39, 0.29) is 40.0 Å². The summed E-state index contributed by atoms with van der Waals surface area (Å²) in [5, 5.41) is 3.37. The number of carbonyl (C=O) groups is 1. The Morgan fingerprint density at radius 3 is 2.53 bits per heavy atom. The second-order valence-corrected chi connectivity index (χ2v) is 11.1. The maximum Gasteiger partial charge on any atom is 0.245 e. The second-order valence-electron chi connectivity index (χ2n) is 8.36. The normalized spacial score (nSPS) is 15.7. The summed E-state index contributed by atoms with van der Waals surface area (Å²) in [6, 6.07) is 21.8. The number of halogens is 2. The molecule has 8 heteroatoms. The summed E-state index contributed by atoms with van der Waals surface area (Å²) < 4.78 is 28.3. The first-order valence-corrected chi connectivity index (χ1v) is 13.4.